The monoisotopic (exact) mass is 452 g/mol. The lowest BCUT2D eigenvalue weighted by Crippen LogP contribution is -2.39. The zero-order valence-corrected chi connectivity index (χ0v) is 18.4. The topological polar surface area (TPSA) is 96.6 Å². The Morgan fingerprint density at radius 1 is 1.28 bits per heavy atom. The normalized spacial score (nSPS) is 14.9. The second-order valence-corrected chi connectivity index (χ2v) is 7.65. The summed E-state index contributed by atoms with van der Waals surface area (Å²) in [6.07, 6.45) is 1.25. The molecule has 3 N–H and O–H groups in total. The molecular weight excluding hydrogens is 425 g/mol. The van der Waals surface area contributed by atoms with Crippen LogP contribution in [0, 0.1) is 0 Å². The number of likely N-dealkylation sites (N-methyl/N-ethyl adjacent to an activating group) is 1. The van der Waals surface area contributed by atoms with E-state index in [-0.39, 0.29) is 11.8 Å². The Balaban J connectivity index is 2.06. The molecule has 0 spiro atoms. The molecule has 8 nitrogen and oxygen atoms in total. The van der Waals surface area contributed by atoms with Crippen LogP contribution < -0.4 is 15.4 Å². The molecule has 0 saturated heterocycles. The Labute approximate surface area is 183 Å². The fourth-order valence-electron chi connectivity index (χ4n) is 3.46. The minimum Gasteiger partial charge on any atom is -0.496 e. The zero-order chi connectivity index (χ0) is 23.5. The molecule has 0 fully saturated rings. The van der Waals surface area contributed by atoms with Gasteiger partial charge >= 0.3 is 6.18 Å². The molecule has 11 heteroatoms. The van der Waals surface area contributed by atoms with E-state index in [2.05, 4.69) is 32.5 Å². The first kappa shape index (κ1) is 23.7. The van der Waals surface area contributed by atoms with Gasteiger partial charge in [-0.15, -0.1) is 0 Å². The molecule has 0 radical (unpaired) electrons. The van der Waals surface area contributed by atoms with Crippen molar-refractivity contribution in [1.29, 1.82) is 0 Å². The first-order chi connectivity index (χ1) is 15.1. The highest BCUT2D eigenvalue weighted by atomic mass is 19.4. The van der Waals surface area contributed by atoms with Crippen LogP contribution in [0.4, 0.5) is 19.1 Å². The number of imidazole rings is 1. The maximum atomic E-state index is 13.5. The number of methoxy groups -OCH3 is 1. The summed E-state index contributed by atoms with van der Waals surface area (Å²) < 4.78 is 47.1. The molecule has 0 saturated carbocycles. The van der Waals surface area contributed by atoms with Gasteiger partial charge in [0.15, 0.2) is 5.60 Å². The SMILES string of the molecule is CCCC(CNC)Nc1nccc(-c2cnc3cc(OC)c(C(C)(O)C(F)(F)F)cn23)n1. The average molecular weight is 452 g/mol. The summed E-state index contributed by atoms with van der Waals surface area (Å²) in [6, 6.07) is 3.12. The van der Waals surface area contributed by atoms with Crippen LogP contribution in [0.3, 0.4) is 0 Å². The van der Waals surface area contributed by atoms with Gasteiger partial charge in [-0.1, -0.05) is 13.3 Å². The van der Waals surface area contributed by atoms with E-state index < -0.39 is 17.3 Å². The number of nitrogens with zero attached hydrogens (tertiary/aromatic N) is 4. The second-order valence-electron chi connectivity index (χ2n) is 7.65. The number of anilines is 1. The minimum absolute atomic E-state index is 0.114. The molecule has 0 aliphatic rings. The lowest BCUT2D eigenvalue weighted by molar-refractivity contribution is -0.259. The number of nitrogens with one attached hydrogen (secondary N) is 2. The summed E-state index contributed by atoms with van der Waals surface area (Å²) in [7, 11) is 3.10. The third kappa shape index (κ3) is 4.63. The first-order valence-electron chi connectivity index (χ1n) is 10.2. The summed E-state index contributed by atoms with van der Waals surface area (Å²) in [6.45, 7) is 3.50. The minimum atomic E-state index is -4.90. The predicted octanol–water partition coefficient (Wildman–Crippen LogP) is 3.37. The molecule has 32 heavy (non-hydrogen) atoms. The van der Waals surface area contributed by atoms with Gasteiger partial charge in [0.05, 0.1) is 30.3 Å². The number of hydrogen-bond acceptors (Lipinski definition) is 7. The van der Waals surface area contributed by atoms with Crippen molar-refractivity contribution in [3.05, 3.63) is 36.3 Å². The summed E-state index contributed by atoms with van der Waals surface area (Å²) >= 11 is 0. The fraction of sp³-hybridized carbons (Fsp3) is 0.476. The summed E-state index contributed by atoms with van der Waals surface area (Å²) in [4.78, 5) is 13.1. The number of halogens is 3. The largest absolute Gasteiger partial charge is 0.496 e. The van der Waals surface area contributed by atoms with Crippen LogP contribution >= 0.6 is 0 Å². The summed E-state index contributed by atoms with van der Waals surface area (Å²) in [5, 5.41) is 16.7. The van der Waals surface area contributed by atoms with Gasteiger partial charge < -0.3 is 20.5 Å². The Bertz CT molecular complexity index is 1060. The lowest BCUT2D eigenvalue weighted by Gasteiger charge is -2.28. The van der Waals surface area contributed by atoms with E-state index in [1.807, 2.05) is 7.05 Å². The van der Waals surface area contributed by atoms with Crippen LogP contribution in [0.5, 0.6) is 5.75 Å². The van der Waals surface area contributed by atoms with Gasteiger partial charge in [-0.2, -0.15) is 13.2 Å². The summed E-state index contributed by atoms with van der Waals surface area (Å²) in [5.41, 5.74) is -2.27. The fourth-order valence-corrected chi connectivity index (χ4v) is 3.46. The van der Waals surface area contributed by atoms with Crippen LogP contribution in [0.15, 0.2) is 30.7 Å². The average Bonchev–Trinajstić information content (AvgIpc) is 3.15. The third-order valence-electron chi connectivity index (χ3n) is 5.24. The number of rotatable bonds is 9. The molecule has 0 bridgehead atoms. The van der Waals surface area contributed by atoms with Crippen molar-refractivity contribution in [2.24, 2.45) is 0 Å². The molecule has 0 amide bonds. The molecule has 0 aliphatic carbocycles. The smallest absolute Gasteiger partial charge is 0.421 e. The Morgan fingerprint density at radius 3 is 2.66 bits per heavy atom. The van der Waals surface area contributed by atoms with Crippen molar-refractivity contribution < 1.29 is 23.0 Å². The van der Waals surface area contributed by atoms with E-state index in [4.69, 9.17) is 4.74 Å². The van der Waals surface area contributed by atoms with Crippen LogP contribution in [0.25, 0.3) is 17.0 Å². The van der Waals surface area contributed by atoms with Crippen molar-refractivity contribution in [2.45, 2.75) is 44.5 Å². The van der Waals surface area contributed by atoms with Gasteiger partial charge in [-0.25, -0.2) is 15.0 Å². The van der Waals surface area contributed by atoms with Crippen molar-refractivity contribution in [2.75, 3.05) is 26.0 Å². The number of pyridine rings is 1. The van der Waals surface area contributed by atoms with Gasteiger partial charge in [0.25, 0.3) is 0 Å². The Kier molecular flexibility index (Phi) is 6.89. The molecule has 0 aromatic carbocycles. The van der Waals surface area contributed by atoms with Crippen LogP contribution in [-0.2, 0) is 5.60 Å². The molecule has 3 aromatic rings. The number of aromatic nitrogens is 4. The number of alkyl halides is 3. The standard InChI is InChI=1S/C21H27F3N6O2/c1-5-6-13(10-25-3)28-19-26-8-7-15(29-19)16-11-27-18-9-17(32-4)14(12-30(16)18)20(2,31)21(22,23)24/h7-9,11-13,25,31H,5-6,10H2,1-4H3,(H,26,28,29). The Morgan fingerprint density at radius 2 is 2.03 bits per heavy atom. The maximum absolute atomic E-state index is 13.5. The Hall–Kier alpha value is -2.92. The van der Waals surface area contributed by atoms with Crippen molar-refractivity contribution >= 4 is 11.6 Å². The van der Waals surface area contributed by atoms with Crippen LogP contribution in [-0.4, -0.2) is 57.4 Å². The molecular formula is C21H27F3N6O2. The van der Waals surface area contributed by atoms with Gasteiger partial charge in [0, 0.05) is 31.0 Å². The molecule has 0 aliphatic heterocycles. The van der Waals surface area contributed by atoms with E-state index >= 15 is 0 Å². The van der Waals surface area contributed by atoms with Gasteiger partial charge in [0.1, 0.15) is 11.4 Å². The van der Waals surface area contributed by atoms with Crippen molar-refractivity contribution in [3.8, 4) is 17.1 Å². The van der Waals surface area contributed by atoms with E-state index in [9.17, 15) is 18.3 Å². The number of aliphatic hydroxyl groups is 1. The number of hydrogen-bond donors (Lipinski definition) is 3. The van der Waals surface area contributed by atoms with Gasteiger partial charge in [-0.05, 0) is 26.5 Å². The maximum Gasteiger partial charge on any atom is 0.421 e. The molecule has 3 rings (SSSR count). The first-order valence-corrected chi connectivity index (χ1v) is 10.2. The van der Waals surface area contributed by atoms with E-state index in [1.165, 1.54) is 30.0 Å². The molecule has 2 unspecified atom stereocenters. The van der Waals surface area contributed by atoms with Gasteiger partial charge in [-0.3, -0.25) is 4.40 Å². The van der Waals surface area contributed by atoms with Crippen molar-refractivity contribution in [3.63, 3.8) is 0 Å². The highest BCUT2D eigenvalue weighted by Gasteiger charge is 2.53. The van der Waals surface area contributed by atoms with E-state index in [0.29, 0.717) is 29.9 Å². The number of fused-ring (bicyclic) bond motifs is 1. The molecule has 2 atom stereocenters. The summed E-state index contributed by atoms with van der Waals surface area (Å²) in [5.74, 6) is 0.290. The van der Waals surface area contributed by atoms with Crippen molar-refractivity contribution in [1.82, 2.24) is 24.7 Å². The zero-order valence-electron chi connectivity index (χ0n) is 18.4. The quantitative estimate of drug-likeness (QED) is 0.458. The molecule has 174 valence electrons. The van der Waals surface area contributed by atoms with Gasteiger partial charge in [0.2, 0.25) is 5.95 Å². The van der Waals surface area contributed by atoms with Crippen LogP contribution in [0.2, 0.25) is 0 Å². The predicted molar refractivity (Wildman–Crippen MR) is 115 cm³/mol. The van der Waals surface area contributed by atoms with Crippen LogP contribution in [0.1, 0.15) is 32.3 Å². The van der Waals surface area contributed by atoms with E-state index in [0.717, 1.165) is 19.4 Å². The molecule has 3 aromatic heterocycles. The highest BCUT2D eigenvalue weighted by Crippen LogP contribution is 2.43. The highest BCUT2D eigenvalue weighted by molar-refractivity contribution is 5.63. The lowest BCUT2D eigenvalue weighted by atomic mass is 9.96. The second kappa shape index (κ2) is 9.29. The number of ether oxygens (including phenoxy) is 1. The third-order valence-corrected chi connectivity index (χ3v) is 5.24. The van der Waals surface area contributed by atoms with E-state index in [1.54, 1.807) is 12.3 Å². The molecule has 3 heterocycles.